The average molecular weight is 551 g/mol. The summed E-state index contributed by atoms with van der Waals surface area (Å²) in [5.41, 5.74) is 0. The van der Waals surface area contributed by atoms with Gasteiger partial charge in [0.1, 0.15) is 0 Å². The minimum absolute atomic E-state index is 0.230. The van der Waals surface area contributed by atoms with Crippen molar-refractivity contribution in [1.29, 1.82) is 0 Å². The van der Waals surface area contributed by atoms with Gasteiger partial charge in [0, 0.05) is 52.8 Å². The molecule has 1 aliphatic heterocycles. The number of hydrogen-bond acceptors (Lipinski definition) is 12. The normalized spacial score (nSPS) is 20.2. The van der Waals surface area contributed by atoms with E-state index in [1.165, 1.54) is 8.47 Å². The monoisotopic (exact) mass is 550 g/mol. The molecular formula is C12H22S12. The van der Waals surface area contributed by atoms with E-state index in [1.807, 2.05) is 70.6 Å². The second-order valence-electron chi connectivity index (χ2n) is 4.40. The lowest BCUT2D eigenvalue weighted by Crippen LogP contribution is -2.38. The first-order chi connectivity index (χ1) is 11.6. The zero-order valence-corrected chi connectivity index (χ0v) is 23.0. The first-order valence-corrected chi connectivity index (χ1v) is 16.5. The van der Waals surface area contributed by atoms with Crippen LogP contribution in [0.3, 0.4) is 0 Å². The molecule has 0 saturated carbocycles. The van der Waals surface area contributed by atoms with E-state index in [9.17, 15) is 0 Å². The molecule has 0 aliphatic carbocycles. The number of rotatable bonds is 13. The van der Waals surface area contributed by atoms with Crippen LogP contribution in [0.2, 0.25) is 0 Å². The Hall–Kier alpha value is 3.94. The van der Waals surface area contributed by atoms with Gasteiger partial charge < -0.3 is 0 Å². The zero-order chi connectivity index (χ0) is 17.9. The lowest BCUT2D eigenvalue weighted by atomic mass is 10.2. The highest BCUT2D eigenvalue weighted by molar-refractivity contribution is 8.37. The van der Waals surface area contributed by atoms with Crippen LogP contribution in [0.25, 0.3) is 0 Å². The molecule has 0 bridgehead atoms. The van der Waals surface area contributed by atoms with Gasteiger partial charge in [0.05, 0.1) is 8.47 Å². The molecule has 0 aromatic rings. The van der Waals surface area contributed by atoms with Gasteiger partial charge in [0.2, 0.25) is 0 Å². The van der Waals surface area contributed by atoms with Crippen LogP contribution in [0, 0.1) is 0 Å². The van der Waals surface area contributed by atoms with Crippen molar-refractivity contribution in [2.45, 2.75) is 21.0 Å². The fourth-order valence-electron chi connectivity index (χ4n) is 1.90. The van der Waals surface area contributed by atoms with Crippen LogP contribution in [0.4, 0.5) is 0 Å². The summed E-state index contributed by atoms with van der Waals surface area (Å²) in [6.07, 6.45) is 0. The van der Waals surface area contributed by atoms with Crippen molar-refractivity contribution < 1.29 is 0 Å². The van der Waals surface area contributed by atoms with Gasteiger partial charge in [-0.05, 0) is 0 Å². The molecule has 0 radical (unpaired) electrons. The third-order valence-corrected chi connectivity index (χ3v) is 14.4. The van der Waals surface area contributed by atoms with Gasteiger partial charge in [-0.2, -0.15) is 75.8 Å². The summed E-state index contributed by atoms with van der Waals surface area (Å²) in [5, 5.41) is 4.78. The molecule has 1 aliphatic rings. The second-order valence-corrected chi connectivity index (χ2v) is 15.5. The lowest BCUT2D eigenvalue weighted by molar-refractivity contribution is 0.778. The summed E-state index contributed by atoms with van der Waals surface area (Å²) < 4.78 is 2.85. The first kappa shape index (κ1) is 26.0. The minimum atomic E-state index is 0.230. The van der Waals surface area contributed by atoms with Crippen molar-refractivity contribution in [3.05, 3.63) is 8.47 Å². The van der Waals surface area contributed by atoms with E-state index in [0.29, 0.717) is 10.5 Å². The highest BCUT2D eigenvalue weighted by atomic mass is 32.3. The standard InChI is InChI=1S/C12H22S12/c13-1-7(17)9(20-3-14)10(21-4-15)8(18)2-19-11-12(22-5-16)24-6-23-11/h7-10,13-18H,1-6H2. The van der Waals surface area contributed by atoms with E-state index in [1.54, 1.807) is 0 Å². The van der Waals surface area contributed by atoms with Gasteiger partial charge >= 0.3 is 0 Å². The molecule has 1 heterocycles. The number of hydrogen-bond donors (Lipinski definition) is 6. The number of thiol groups is 6. The quantitative estimate of drug-likeness (QED) is 0.115. The molecule has 1 rings (SSSR count). The maximum atomic E-state index is 4.95. The molecule has 0 aromatic carbocycles. The Morgan fingerprint density at radius 1 is 0.792 bits per heavy atom. The molecule has 0 aromatic heterocycles. The van der Waals surface area contributed by atoms with Crippen LogP contribution in [0.15, 0.2) is 8.47 Å². The van der Waals surface area contributed by atoms with Crippen molar-refractivity contribution >= 4 is 146 Å². The maximum Gasteiger partial charge on any atom is 0.0618 e. The van der Waals surface area contributed by atoms with Crippen LogP contribution >= 0.6 is 146 Å². The molecule has 12 heteroatoms. The second kappa shape index (κ2) is 15.7. The molecule has 142 valence electrons. The van der Waals surface area contributed by atoms with Crippen molar-refractivity contribution in [3.8, 4) is 0 Å². The lowest BCUT2D eigenvalue weighted by Gasteiger charge is -2.33. The van der Waals surface area contributed by atoms with Crippen LogP contribution in [0.5, 0.6) is 0 Å². The summed E-state index contributed by atoms with van der Waals surface area (Å²) in [5.74, 6) is 1.75. The predicted molar refractivity (Wildman–Crippen MR) is 151 cm³/mol. The fourth-order valence-corrected chi connectivity index (χ4v) is 13.2. The van der Waals surface area contributed by atoms with E-state index in [0.717, 1.165) is 31.8 Å². The maximum absolute atomic E-state index is 4.95. The Bertz CT molecular complexity index is 375. The fraction of sp³-hybridized carbons (Fsp3) is 0.833. The highest BCUT2D eigenvalue weighted by Crippen LogP contribution is 2.51. The van der Waals surface area contributed by atoms with E-state index < -0.39 is 0 Å². The van der Waals surface area contributed by atoms with Gasteiger partial charge in [0.25, 0.3) is 0 Å². The Balaban J connectivity index is 2.71. The zero-order valence-electron chi connectivity index (χ0n) is 12.7. The molecule has 0 spiro atoms. The molecule has 0 saturated heterocycles. The number of thioether (sulfide) groups is 6. The molecule has 4 atom stereocenters. The van der Waals surface area contributed by atoms with Crippen molar-refractivity contribution in [1.82, 2.24) is 0 Å². The van der Waals surface area contributed by atoms with E-state index >= 15 is 0 Å². The topological polar surface area (TPSA) is 0 Å². The Labute approximate surface area is 205 Å². The van der Waals surface area contributed by atoms with Crippen LogP contribution in [-0.4, -0.2) is 52.8 Å². The largest absolute Gasteiger partial charge is 0.178 e. The van der Waals surface area contributed by atoms with Crippen molar-refractivity contribution in [2.24, 2.45) is 0 Å². The highest BCUT2D eigenvalue weighted by Gasteiger charge is 2.32. The third kappa shape index (κ3) is 9.17. The summed E-state index contributed by atoms with van der Waals surface area (Å²) in [7, 11) is 0. The average Bonchev–Trinajstić information content (AvgIpc) is 3.02. The minimum Gasteiger partial charge on any atom is -0.178 e. The van der Waals surface area contributed by atoms with Gasteiger partial charge in [-0.3, -0.25) is 0 Å². The van der Waals surface area contributed by atoms with Crippen LogP contribution in [0.1, 0.15) is 0 Å². The molecule has 0 fully saturated rings. The molecule has 0 N–H and O–H groups in total. The van der Waals surface area contributed by atoms with Crippen LogP contribution in [-0.2, 0) is 0 Å². The summed E-state index contributed by atoms with van der Waals surface area (Å²) in [6.45, 7) is 0. The third-order valence-electron chi connectivity index (χ3n) is 2.93. The molecule has 4 unspecified atom stereocenters. The van der Waals surface area contributed by atoms with Crippen LogP contribution < -0.4 is 0 Å². The Morgan fingerprint density at radius 2 is 1.33 bits per heavy atom. The van der Waals surface area contributed by atoms with Gasteiger partial charge in [-0.1, -0.05) is 0 Å². The first-order valence-electron chi connectivity index (χ1n) is 6.87. The van der Waals surface area contributed by atoms with E-state index in [-0.39, 0.29) is 10.5 Å². The van der Waals surface area contributed by atoms with E-state index in [4.69, 9.17) is 25.3 Å². The van der Waals surface area contributed by atoms with Crippen molar-refractivity contribution in [3.63, 3.8) is 0 Å². The predicted octanol–water partition coefficient (Wildman–Crippen LogP) is 6.41. The summed E-state index contributed by atoms with van der Waals surface area (Å²) in [6, 6.07) is 0. The SMILES string of the molecule is SCSC1=C(SCC(S)C(SCS)C(SCS)C(S)CS)SCS1. The smallest absolute Gasteiger partial charge is 0.0618 e. The molecule has 24 heavy (non-hydrogen) atoms. The van der Waals surface area contributed by atoms with Gasteiger partial charge in [-0.25, -0.2) is 0 Å². The Morgan fingerprint density at radius 3 is 1.83 bits per heavy atom. The van der Waals surface area contributed by atoms with Gasteiger partial charge in [0.15, 0.2) is 0 Å². The molecule has 0 amide bonds. The summed E-state index contributed by atoms with van der Waals surface area (Å²) >= 11 is 38.6. The van der Waals surface area contributed by atoms with Crippen molar-refractivity contribution in [2.75, 3.05) is 31.8 Å². The Kier molecular flexibility index (Phi) is 17.0. The van der Waals surface area contributed by atoms with Gasteiger partial charge in [-0.15, -0.1) is 70.6 Å². The molecular weight excluding hydrogens is 529 g/mol. The van der Waals surface area contributed by atoms with E-state index in [2.05, 4.69) is 50.5 Å². The molecule has 0 nitrogen and oxygen atoms in total. The summed E-state index contributed by atoms with van der Waals surface area (Å²) in [4.78, 5) is 0.